The predicted octanol–water partition coefficient (Wildman–Crippen LogP) is 3.27. The second-order valence-corrected chi connectivity index (χ2v) is 4.00. The molecule has 0 saturated heterocycles. The minimum atomic E-state index is -4.60. The third kappa shape index (κ3) is 5.15. The highest BCUT2D eigenvalue weighted by molar-refractivity contribution is 5.38. The van der Waals surface area contributed by atoms with Crippen LogP contribution >= 0.6 is 0 Å². The Morgan fingerprint density at radius 1 is 1.42 bits per heavy atom. The van der Waals surface area contributed by atoms with Crippen LogP contribution < -0.4 is 10.1 Å². The largest absolute Gasteiger partial charge is 0.477 e. The van der Waals surface area contributed by atoms with E-state index in [2.05, 4.69) is 21.9 Å². The molecule has 0 amide bonds. The fourth-order valence-corrected chi connectivity index (χ4v) is 1.23. The molecule has 19 heavy (non-hydrogen) atoms. The first-order valence-corrected chi connectivity index (χ1v) is 5.80. The standard InChI is InChI=1S/C12H16F3N3O/c1-4-16-9-7-10(19-6-5-8(2)3)18-11(17-9)12(13,14)15/h7H,2,4-6H2,1,3H3,(H,16,17,18). The van der Waals surface area contributed by atoms with Gasteiger partial charge in [0.2, 0.25) is 11.7 Å². The zero-order chi connectivity index (χ0) is 14.5. The Balaban J connectivity index is 2.90. The van der Waals surface area contributed by atoms with E-state index < -0.39 is 12.0 Å². The number of nitrogens with zero attached hydrogens (tertiary/aromatic N) is 2. The maximum absolute atomic E-state index is 12.6. The van der Waals surface area contributed by atoms with E-state index >= 15 is 0 Å². The van der Waals surface area contributed by atoms with Crippen molar-refractivity contribution in [1.29, 1.82) is 0 Å². The molecule has 0 aromatic carbocycles. The van der Waals surface area contributed by atoms with E-state index in [9.17, 15) is 13.2 Å². The molecule has 1 aromatic heterocycles. The van der Waals surface area contributed by atoms with Crippen LogP contribution in [-0.4, -0.2) is 23.1 Å². The summed E-state index contributed by atoms with van der Waals surface area (Å²) in [4.78, 5) is 6.75. The fourth-order valence-electron chi connectivity index (χ4n) is 1.23. The molecule has 0 spiro atoms. The second-order valence-electron chi connectivity index (χ2n) is 4.00. The number of hydrogen-bond donors (Lipinski definition) is 1. The van der Waals surface area contributed by atoms with Crippen molar-refractivity contribution in [2.75, 3.05) is 18.5 Å². The van der Waals surface area contributed by atoms with E-state index in [1.807, 2.05) is 6.92 Å². The molecule has 0 saturated carbocycles. The molecule has 0 aliphatic rings. The van der Waals surface area contributed by atoms with Gasteiger partial charge >= 0.3 is 6.18 Å². The molecule has 0 atom stereocenters. The number of hydrogen-bond acceptors (Lipinski definition) is 4. The van der Waals surface area contributed by atoms with Gasteiger partial charge in [-0.2, -0.15) is 18.2 Å². The third-order valence-corrected chi connectivity index (χ3v) is 2.09. The van der Waals surface area contributed by atoms with E-state index in [-0.39, 0.29) is 18.3 Å². The van der Waals surface area contributed by atoms with Crippen molar-refractivity contribution in [2.24, 2.45) is 0 Å². The minimum absolute atomic E-state index is 0.0927. The van der Waals surface area contributed by atoms with Crippen LogP contribution in [0, 0.1) is 0 Å². The van der Waals surface area contributed by atoms with Crippen LogP contribution in [0.4, 0.5) is 19.0 Å². The summed E-state index contributed by atoms with van der Waals surface area (Å²) in [6.45, 7) is 7.95. The highest BCUT2D eigenvalue weighted by Gasteiger charge is 2.35. The van der Waals surface area contributed by atoms with Crippen LogP contribution in [-0.2, 0) is 6.18 Å². The summed E-state index contributed by atoms with van der Waals surface area (Å²) in [5.41, 5.74) is 0.886. The van der Waals surface area contributed by atoms with Gasteiger partial charge in [0.15, 0.2) is 0 Å². The Morgan fingerprint density at radius 2 is 2.11 bits per heavy atom. The molecule has 0 radical (unpaired) electrons. The van der Waals surface area contributed by atoms with Gasteiger partial charge in [-0.1, -0.05) is 5.57 Å². The van der Waals surface area contributed by atoms with Gasteiger partial charge < -0.3 is 10.1 Å². The molecule has 1 heterocycles. The highest BCUT2D eigenvalue weighted by Crippen LogP contribution is 2.28. The van der Waals surface area contributed by atoms with Crippen molar-refractivity contribution in [3.63, 3.8) is 0 Å². The normalized spacial score (nSPS) is 11.2. The molecule has 0 aliphatic heterocycles. The number of halogens is 3. The molecular formula is C12H16F3N3O. The second kappa shape index (κ2) is 6.40. The van der Waals surface area contributed by atoms with Gasteiger partial charge in [-0.05, 0) is 13.8 Å². The molecule has 1 rings (SSSR count). The topological polar surface area (TPSA) is 47.0 Å². The maximum atomic E-state index is 12.6. The lowest BCUT2D eigenvalue weighted by Gasteiger charge is -2.11. The molecule has 0 aliphatic carbocycles. The van der Waals surface area contributed by atoms with Crippen LogP contribution in [0.3, 0.4) is 0 Å². The van der Waals surface area contributed by atoms with Crippen molar-refractivity contribution < 1.29 is 17.9 Å². The first-order valence-electron chi connectivity index (χ1n) is 5.80. The number of alkyl halides is 3. The van der Waals surface area contributed by atoms with Crippen molar-refractivity contribution in [3.05, 3.63) is 24.0 Å². The van der Waals surface area contributed by atoms with E-state index in [1.54, 1.807) is 6.92 Å². The summed E-state index contributed by atoms with van der Waals surface area (Å²) in [6, 6.07) is 1.34. The lowest BCUT2D eigenvalue weighted by atomic mass is 10.3. The van der Waals surface area contributed by atoms with Gasteiger partial charge in [0.05, 0.1) is 6.61 Å². The monoisotopic (exact) mass is 275 g/mol. The van der Waals surface area contributed by atoms with Crippen LogP contribution in [0.2, 0.25) is 0 Å². The summed E-state index contributed by atoms with van der Waals surface area (Å²) in [7, 11) is 0. The number of ether oxygens (including phenoxy) is 1. The number of aromatic nitrogens is 2. The van der Waals surface area contributed by atoms with Crippen LogP contribution in [0.25, 0.3) is 0 Å². The fraction of sp³-hybridized carbons (Fsp3) is 0.500. The highest BCUT2D eigenvalue weighted by atomic mass is 19.4. The zero-order valence-electron chi connectivity index (χ0n) is 10.8. The van der Waals surface area contributed by atoms with Gasteiger partial charge in [-0.25, -0.2) is 4.98 Å². The molecule has 0 bridgehead atoms. The summed E-state index contributed by atoms with van der Waals surface area (Å²) >= 11 is 0. The third-order valence-electron chi connectivity index (χ3n) is 2.09. The first-order chi connectivity index (χ1) is 8.82. The Morgan fingerprint density at radius 3 is 2.63 bits per heavy atom. The van der Waals surface area contributed by atoms with Gasteiger partial charge in [-0.3, -0.25) is 0 Å². The summed E-state index contributed by atoms with van der Waals surface area (Å²) in [6.07, 6.45) is -4.04. The molecular weight excluding hydrogens is 259 g/mol. The van der Waals surface area contributed by atoms with E-state index in [0.29, 0.717) is 13.0 Å². The lowest BCUT2D eigenvalue weighted by Crippen LogP contribution is -2.14. The molecule has 106 valence electrons. The Hall–Kier alpha value is -1.79. The molecule has 7 heteroatoms. The Bertz CT molecular complexity index is 446. The van der Waals surface area contributed by atoms with Crippen LogP contribution in [0.5, 0.6) is 5.88 Å². The molecule has 1 N–H and O–H groups in total. The van der Waals surface area contributed by atoms with Gasteiger partial charge in [0.1, 0.15) is 5.82 Å². The van der Waals surface area contributed by atoms with Crippen LogP contribution in [0.1, 0.15) is 26.1 Å². The molecule has 4 nitrogen and oxygen atoms in total. The average molecular weight is 275 g/mol. The SMILES string of the molecule is C=C(C)CCOc1cc(NCC)nc(C(F)(F)F)n1. The predicted molar refractivity (Wildman–Crippen MR) is 66.1 cm³/mol. The van der Waals surface area contributed by atoms with E-state index in [4.69, 9.17) is 4.74 Å². The molecule has 0 unspecified atom stereocenters. The van der Waals surface area contributed by atoms with Crippen molar-refractivity contribution in [2.45, 2.75) is 26.4 Å². The quantitative estimate of drug-likeness (QED) is 0.809. The minimum Gasteiger partial charge on any atom is -0.477 e. The Kier molecular flexibility index (Phi) is 5.14. The van der Waals surface area contributed by atoms with Gasteiger partial charge in [0, 0.05) is 19.0 Å². The van der Waals surface area contributed by atoms with Gasteiger partial charge in [-0.15, -0.1) is 6.58 Å². The Labute approximate surface area is 109 Å². The number of rotatable bonds is 6. The van der Waals surface area contributed by atoms with Crippen molar-refractivity contribution in [1.82, 2.24) is 9.97 Å². The van der Waals surface area contributed by atoms with E-state index in [0.717, 1.165) is 5.57 Å². The maximum Gasteiger partial charge on any atom is 0.451 e. The summed E-state index contributed by atoms with van der Waals surface area (Å²) in [5.74, 6) is -1.22. The van der Waals surface area contributed by atoms with Crippen LogP contribution in [0.15, 0.2) is 18.2 Å². The molecule has 0 fully saturated rings. The van der Waals surface area contributed by atoms with Crippen molar-refractivity contribution in [3.8, 4) is 5.88 Å². The van der Waals surface area contributed by atoms with Gasteiger partial charge in [0.25, 0.3) is 0 Å². The number of anilines is 1. The smallest absolute Gasteiger partial charge is 0.451 e. The van der Waals surface area contributed by atoms with Crippen molar-refractivity contribution >= 4 is 5.82 Å². The number of nitrogens with one attached hydrogen (secondary N) is 1. The molecule has 1 aromatic rings. The summed E-state index contributed by atoms with van der Waals surface area (Å²) in [5, 5.41) is 2.71. The lowest BCUT2D eigenvalue weighted by molar-refractivity contribution is -0.145. The average Bonchev–Trinajstić information content (AvgIpc) is 2.27. The van der Waals surface area contributed by atoms with E-state index in [1.165, 1.54) is 6.07 Å². The zero-order valence-corrected chi connectivity index (χ0v) is 10.8. The summed E-state index contributed by atoms with van der Waals surface area (Å²) < 4.78 is 43.0. The first kappa shape index (κ1) is 15.3.